The zero-order valence-corrected chi connectivity index (χ0v) is 14.0. The molecule has 0 unspecified atom stereocenters. The Bertz CT molecular complexity index is 411. The number of nitrogens with zero attached hydrogens (tertiary/aromatic N) is 1. The number of hydrogen-bond donors (Lipinski definition) is 2. The summed E-state index contributed by atoms with van der Waals surface area (Å²) in [4.78, 5) is 2.50. The minimum atomic E-state index is -0.165. The molecule has 0 radical (unpaired) electrons. The van der Waals surface area contributed by atoms with Crippen LogP contribution in [-0.2, 0) is 0 Å². The Labute approximate surface area is 130 Å². The first kappa shape index (κ1) is 15.8. The highest BCUT2D eigenvalue weighted by Gasteiger charge is 2.33. The zero-order chi connectivity index (χ0) is 14.6. The summed E-state index contributed by atoms with van der Waals surface area (Å²) in [5, 5.41) is 13.4. The summed E-state index contributed by atoms with van der Waals surface area (Å²) in [6.07, 6.45) is 1.98. The van der Waals surface area contributed by atoms with Gasteiger partial charge < -0.3 is 15.3 Å². The lowest BCUT2D eigenvalue weighted by Gasteiger charge is -2.42. The van der Waals surface area contributed by atoms with Crippen LogP contribution in [-0.4, -0.2) is 41.8 Å². The van der Waals surface area contributed by atoms with Crippen LogP contribution in [0.25, 0.3) is 0 Å². The van der Waals surface area contributed by atoms with E-state index in [1.807, 2.05) is 12.1 Å². The van der Waals surface area contributed by atoms with Crippen LogP contribution < -0.4 is 5.32 Å². The lowest BCUT2D eigenvalue weighted by atomic mass is 9.87. The molecule has 0 aliphatic carbocycles. The fourth-order valence-electron chi connectivity index (χ4n) is 2.84. The van der Waals surface area contributed by atoms with Crippen LogP contribution in [0.15, 0.2) is 28.7 Å². The molecule has 0 aromatic heterocycles. The summed E-state index contributed by atoms with van der Waals surface area (Å²) >= 11 is 3.45. The van der Waals surface area contributed by atoms with Crippen molar-refractivity contribution in [1.82, 2.24) is 4.90 Å². The minimum absolute atomic E-state index is 0.165. The van der Waals surface area contributed by atoms with Crippen LogP contribution in [0.5, 0.6) is 0 Å². The normalized spacial score (nSPS) is 19.2. The van der Waals surface area contributed by atoms with Crippen LogP contribution in [0.3, 0.4) is 0 Å². The first-order valence-corrected chi connectivity index (χ1v) is 8.19. The Hall–Kier alpha value is -0.580. The summed E-state index contributed by atoms with van der Waals surface area (Å²) in [5.41, 5.74) is 0.918. The summed E-state index contributed by atoms with van der Waals surface area (Å²) in [5.74, 6) is 0.705. The number of anilines is 1. The maximum atomic E-state index is 9.84. The van der Waals surface area contributed by atoms with Gasteiger partial charge in [-0.2, -0.15) is 0 Å². The topological polar surface area (TPSA) is 35.5 Å². The zero-order valence-electron chi connectivity index (χ0n) is 12.4. The van der Waals surface area contributed by atoms with E-state index in [0.29, 0.717) is 5.92 Å². The van der Waals surface area contributed by atoms with E-state index in [1.165, 1.54) is 0 Å². The summed E-state index contributed by atoms with van der Waals surface area (Å²) in [7, 11) is 0. The standard InChI is InChI=1S/C16H25BrN2O/c1-13(2)11-19-9-7-16(12-20,8-10-19)18-15-5-3-14(17)4-6-15/h3-6,13,18,20H,7-12H2,1-2H3. The van der Waals surface area contributed by atoms with Gasteiger partial charge in [-0.05, 0) is 43.0 Å². The monoisotopic (exact) mass is 340 g/mol. The van der Waals surface area contributed by atoms with Gasteiger partial charge >= 0.3 is 0 Å². The number of nitrogens with one attached hydrogen (secondary N) is 1. The molecule has 1 heterocycles. The molecule has 20 heavy (non-hydrogen) atoms. The quantitative estimate of drug-likeness (QED) is 0.862. The molecule has 112 valence electrons. The van der Waals surface area contributed by atoms with Crippen LogP contribution in [0, 0.1) is 5.92 Å². The van der Waals surface area contributed by atoms with Crippen molar-refractivity contribution in [1.29, 1.82) is 0 Å². The second-order valence-electron chi connectivity index (χ2n) is 6.26. The molecule has 1 saturated heterocycles. The van der Waals surface area contributed by atoms with Gasteiger partial charge in [0.2, 0.25) is 0 Å². The van der Waals surface area contributed by atoms with E-state index in [9.17, 15) is 5.11 Å². The lowest BCUT2D eigenvalue weighted by molar-refractivity contribution is 0.111. The molecule has 2 N–H and O–H groups in total. The van der Waals surface area contributed by atoms with Gasteiger partial charge in [0.15, 0.2) is 0 Å². The van der Waals surface area contributed by atoms with Crippen molar-refractivity contribution in [3.05, 3.63) is 28.7 Å². The SMILES string of the molecule is CC(C)CN1CCC(CO)(Nc2ccc(Br)cc2)CC1. The van der Waals surface area contributed by atoms with Gasteiger partial charge in [0.25, 0.3) is 0 Å². The van der Waals surface area contributed by atoms with E-state index in [1.54, 1.807) is 0 Å². The van der Waals surface area contributed by atoms with E-state index in [2.05, 4.69) is 52.1 Å². The molecule has 3 nitrogen and oxygen atoms in total. The number of aliphatic hydroxyl groups excluding tert-OH is 1. The van der Waals surface area contributed by atoms with Gasteiger partial charge in [-0.1, -0.05) is 29.8 Å². The maximum Gasteiger partial charge on any atom is 0.0662 e. The smallest absolute Gasteiger partial charge is 0.0662 e. The second-order valence-corrected chi connectivity index (χ2v) is 7.18. The van der Waals surface area contributed by atoms with Gasteiger partial charge in [-0.25, -0.2) is 0 Å². The van der Waals surface area contributed by atoms with Crippen molar-refractivity contribution >= 4 is 21.6 Å². The summed E-state index contributed by atoms with van der Waals surface area (Å²) < 4.78 is 1.08. The molecule has 0 spiro atoms. The number of halogens is 1. The summed E-state index contributed by atoms with van der Waals surface area (Å²) in [6, 6.07) is 8.17. The van der Waals surface area contributed by atoms with Crippen molar-refractivity contribution in [2.45, 2.75) is 32.2 Å². The molecule has 0 bridgehead atoms. The van der Waals surface area contributed by atoms with Crippen molar-refractivity contribution < 1.29 is 5.11 Å². The fraction of sp³-hybridized carbons (Fsp3) is 0.625. The van der Waals surface area contributed by atoms with Crippen molar-refractivity contribution in [3.63, 3.8) is 0 Å². The Morgan fingerprint density at radius 3 is 2.35 bits per heavy atom. The molecule has 4 heteroatoms. The van der Waals surface area contributed by atoms with Gasteiger partial charge in [-0.15, -0.1) is 0 Å². The van der Waals surface area contributed by atoms with Gasteiger partial charge in [0.05, 0.1) is 12.1 Å². The highest BCUT2D eigenvalue weighted by Crippen LogP contribution is 2.27. The molecular weight excluding hydrogens is 316 g/mol. The molecule has 0 amide bonds. The molecular formula is C16H25BrN2O. The molecule has 1 fully saturated rings. The van der Waals surface area contributed by atoms with E-state index in [4.69, 9.17) is 0 Å². The third-order valence-electron chi connectivity index (χ3n) is 3.99. The molecule has 0 atom stereocenters. The number of likely N-dealkylation sites (tertiary alicyclic amines) is 1. The van der Waals surface area contributed by atoms with Crippen LogP contribution in [0.4, 0.5) is 5.69 Å². The molecule has 1 aliphatic rings. The molecule has 1 aliphatic heterocycles. The van der Waals surface area contributed by atoms with Crippen LogP contribution in [0.2, 0.25) is 0 Å². The average Bonchev–Trinajstić information content (AvgIpc) is 2.43. The highest BCUT2D eigenvalue weighted by molar-refractivity contribution is 9.10. The third-order valence-corrected chi connectivity index (χ3v) is 4.52. The van der Waals surface area contributed by atoms with E-state index < -0.39 is 0 Å². The number of rotatable bonds is 5. The number of aliphatic hydroxyl groups is 1. The molecule has 2 rings (SSSR count). The predicted molar refractivity (Wildman–Crippen MR) is 88.1 cm³/mol. The van der Waals surface area contributed by atoms with Crippen molar-refractivity contribution in [2.75, 3.05) is 31.6 Å². The maximum absolute atomic E-state index is 9.84. The lowest BCUT2D eigenvalue weighted by Crippen LogP contribution is -2.52. The van der Waals surface area contributed by atoms with Crippen LogP contribution >= 0.6 is 15.9 Å². The Morgan fingerprint density at radius 1 is 1.25 bits per heavy atom. The van der Waals surface area contributed by atoms with E-state index in [0.717, 1.165) is 42.6 Å². The molecule has 1 aromatic carbocycles. The van der Waals surface area contributed by atoms with E-state index >= 15 is 0 Å². The largest absolute Gasteiger partial charge is 0.394 e. The Kier molecular flexibility index (Phi) is 5.47. The average molecular weight is 341 g/mol. The van der Waals surface area contributed by atoms with Gasteiger partial charge in [-0.3, -0.25) is 0 Å². The van der Waals surface area contributed by atoms with Gasteiger partial charge in [0, 0.05) is 29.8 Å². The van der Waals surface area contributed by atoms with E-state index in [-0.39, 0.29) is 12.1 Å². The third kappa shape index (κ3) is 4.21. The van der Waals surface area contributed by atoms with Crippen molar-refractivity contribution in [3.8, 4) is 0 Å². The second kappa shape index (κ2) is 6.92. The predicted octanol–water partition coefficient (Wildman–Crippen LogP) is 3.34. The number of hydrogen-bond acceptors (Lipinski definition) is 3. The fourth-order valence-corrected chi connectivity index (χ4v) is 3.11. The van der Waals surface area contributed by atoms with Crippen LogP contribution in [0.1, 0.15) is 26.7 Å². The number of piperidine rings is 1. The molecule has 1 aromatic rings. The first-order chi connectivity index (χ1) is 9.53. The van der Waals surface area contributed by atoms with Crippen molar-refractivity contribution in [2.24, 2.45) is 5.92 Å². The highest BCUT2D eigenvalue weighted by atomic mass is 79.9. The first-order valence-electron chi connectivity index (χ1n) is 7.40. The minimum Gasteiger partial charge on any atom is -0.394 e. The number of benzene rings is 1. The Balaban J connectivity index is 1.96. The summed E-state index contributed by atoms with van der Waals surface area (Å²) in [6.45, 7) is 7.98. The molecule has 0 saturated carbocycles. The Morgan fingerprint density at radius 2 is 1.85 bits per heavy atom. The van der Waals surface area contributed by atoms with Gasteiger partial charge in [0.1, 0.15) is 0 Å².